The summed E-state index contributed by atoms with van der Waals surface area (Å²) in [5.74, 6) is -6.36. The Balaban J connectivity index is 1.81. The van der Waals surface area contributed by atoms with Crippen molar-refractivity contribution in [3.63, 3.8) is 0 Å². The lowest BCUT2D eigenvalue weighted by Crippen LogP contribution is -2.47. The number of hydrogen-bond donors (Lipinski definition) is 1. The molecular weight excluding hydrogens is 436 g/mol. The number of benzene rings is 1. The molecular formula is C18H17ClF4N2O3S. The molecule has 1 aliphatic rings. The molecule has 0 spiro atoms. The van der Waals surface area contributed by atoms with E-state index in [1.54, 1.807) is 0 Å². The second-order valence-electron chi connectivity index (χ2n) is 7.63. The van der Waals surface area contributed by atoms with Crippen molar-refractivity contribution in [3.8, 4) is 0 Å². The maximum Gasteiger partial charge on any atom is 0.272 e. The summed E-state index contributed by atoms with van der Waals surface area (Å²) < 4.78 is 80.0. The van der Waals surface area contributed by atoms with Gasteiger partial charge in [0.15, 0.2) is 15.7 Å². The molecule has 3 rings (SSSR count). The number of rotatable bonds is 5. The fourth-order valence-electron chi connectivity index (χ4n) is 3.58. The fourth-order valence-corrected chi connectivity index (χ4v) is 5.64. The molecule has 1 aliphatic carbocycles. The van der Waals surface area contributed by atoms with Gasteiger partial charge in [-0.15, -0.1) is 0 Å². The van der Waals surface area contributed by atoms with E-state index in [0.717, 1.165) is 18.2 Å². The van der Waals surface area contributed by atoms with E-state index in [1.165, 1.54) is 24.7 Å². The van der Waals surface area contributed by atoms with E-state index >= 15 is 0 Å². The van der Waals surface area contributed by atoms with Crippen LogP contribution in [-0.4, -0.2) is 30.6 Å². The molecule has 1 amide bonds. The van der Waals surface area contributed by atoms with Gasteiger partial charge in [0.2, 0.25) is 5.92 Å². The monoisotopic (exact) mass is 452 g/mol. The third kappa shape index (κ3) is 4.28. The molecule has 0 unspecified atom stereocenters. The first-order valence-corrected chi connectivity index (χ1v) is 10.5. The lowest BCUT2D eigenvalue weighted by molar-refractivity contribution is -0.144. The Hall–Kier alpha value is -2.07. The number of aryl methyl sites for hydroxylation is 1. The molecule has 29 heavy (non-hydrogen) atoms. The summed E-state index contributed by atoms with van der Waals surface area (Å²) in [6.45, 7) is 1.47. The Morgan fingerprint density at radius 2 is 1.90 bits per heavy atom. The highest BCUT2D eigenvalue weighted by atomic mass is 35.5. The molecule has 0 saturated heterocycles. The van der Waals surface area contributed by atoms with Crippen LogP contribution in [0.4, 0.5) is 23.2 Å². The average Bonchev–Trinajstić information content (AvgIpc) is 2.95. The standard InChI is InChI=1S/C18H17ClF4N2O3S/c1-17(7-18(22,23)8-17)9-29(27,28)10-5-13(25(2)6-10)16(26)24-12-4-3-11(20)14(19)15(12)21/h3-6H,7-9H2,1-2H3,(H,24,26). The molecule has 1 aromatic carbocycles. The van der Waals surface area contributed by atoms with Crippen LogP contribution in [0.15, 0.2) is 29.3 Å². The summed E-state index contributed by atoms with van der Waals surface area (Å²) in [5.41, 5.74) is -1.54. The molecule has 11 heteroatoms. The van der Waals surface area contributed by atoms with Crippen molar-refractivity contribution in [2.24, 2.45) is 12.5 Å². The summed E-state index contributed by atoms with van der Waals surface area (Å²) in [5, 5.41) is 1.41. The lowest BCUT2D eigenvalue weighted by Gasteiger charge is -2.44. The van der Waals surface area contributed by atoms with Crippen LogP contribution in [0, 0.1) is 17.0 Å². The lowest BCUT2D eigenvalue weighted by atomic mass is 9.69. The van der Waals surface area contributed by atoms with Gasteiger partial charge in [-0.3, -0.25) is 4.79 Å². The summed E-state index contributed by atoms with van der Waals surface area (Å²) in [7, 11) is -2.53. The van der Waals surface area contributed by atoms with E-state index in [1.807, 2.05) is 0 Å². The molecule has 2 aromatic rings. The Bertz CT molecular complexity index is 1090. The molecule has 158 valence electrons. The smallest absolute Gasteiger partial charge is 0.272 e. The molecule has 5 nitrogen and oxygen atoms in total. The van der Waals surface area contributed by atoms with Gasteiger partial charge in [-0.1, -0.05) is 18.5 Å². The van der Waals surface area contributed by atoms with Crippen molar-refractivity contribution in [2.45, 2.75) is 30.6 Å². The van der Waals surface area contributed by atoms with Crippen molar-refractivity contribution < 1.29 is 30.8 Å². The molecule has 0 atom stereocenters. The van der Waals surface area contributed by atoms with Gasteiger partial charge < -0.3 is 9.88 Å². The van der Waals surface area contributed by atoms with E-state index in [9.17, 15) is 30.8 Å². The van der Waals surface area contributed by atoms with E-state index in [-0.39, 0.29) is 16.3 Å². The summed E-state index contributed by atoms with van der Waals surface area (Å²) in [6, 6.07) is 2.93. The second-order valence-corrected chi connectivity index (χ2v) is 10.00. The Morgan fingerprint density at radius 3 is 2.48 bits per heavy atom. The van der Waals surface area contributed by atoms with E-state index < -0.39 is 62.3 Å². The van der Waals surface area contributed by atoms with Gasteiger partial charge in [0.1, 0.15) is 16.5 Å². The zero-order valence-corrected chi connectivity index (χ0v) is 17.0. The predicted octanol–water partition coefficient (Wildman–Crippen LogP) is 4.42. The Labute approximate surface area is 169 Å². The summed E-state index contributed by atoms with van der Waals surface area (Å²) in [6.07, 6.45) is 0.131. The second kappa shape index (κ2) is 7.02. The van der Waals surface area contributed by atoms with Crippen LogP contribution in [0.25, 0.3) is 0 Å². The maximum absolute atomic E-state index is 14.0. The van der Waals surface area contributed by atoms with E-state index in [2.05, 4.69) is 5.32 Å². The highest BCUT2D eigenvalue weighted by molar-refractivity contribution is 7.91. The number of hydrogen-bond acceptors (Lipinski definition) is 3. The minimum atomic E-state index is -3.94. The van der Waals surface area contributed by atoms with Crippen LogP contribution in [0.5, 0.6) is 0 Å². The van der Waals surface area contributed by atoms with Crippen LogP contribution in [-0.2, 0) is 16.9 Å². The van der Waals surface area contributed by atoms with Crippen LogP contribution in [0.1, 0.15) is 30.3 Å². The highest BCUT2D eigenvalue weighted by Crippen LogP contribution is 2.52. The number of aromatic nitrogens is 1. The molecule has 0 aliphatic heterocycles. The quantitative estimate of drug-likeness (QED) is 0.539. The largest absolute Gasteiger partial charge is 0.345 e. The van der Waals surface area contributed by atoms with Crippen molar-refractivity contribution in [1.29, 1.82) is 0 Å². The first kappa shape index (κ1) is 21.6. The molecule has 1 aromatic heterocycles. The van der Waals surface area contributed by atoms with Gasteiger partial charge in [0.05, 0.1) is 16.3 Å². The van der Waals surface area contributed by atoms with Gasteiger partial charge in [-0.25, -0.2) is 26.0 Å². The van der Waals surface area contributed by atoms with Gasteiger partial charge in [-0.05, 0) is 23.6 Å². The number of sulfone groups is 1. The molecule has 0 bridgehead atoms. The number of anilines is 1. The SMILES string of the molecule is Cn1cc(S(=O)(=O)CC2(C)CC(F)(F)C2)cc1C(=O)Nc1ccc(F)c(Cl)c1F. The molecule has 0 radical (unpaired) electrons. The van der Waals surface area contributed by atoms with Crippen molar-refractivity contribution in [2.75, 3.05) is 11.1 Å². The van der Waals surface area contributed by atoms with Gasteiger partial charge in [0.25, 0.3) is 5.91 Å². The fraction of sp³-hybridized carbons (Fsp3) is 0.389. The van der Waals surface area contributed by atoms with Crippen molar-refractivity contribution in [3.05, 3.63) is 46.7 Å². The number of amides is 1. The molecule has 1 saturated carbocycles. The number of halogens is 5. The zero-order valence-electron chi connectivity index (χ0n) is 15.4. The minimum Gasteiger partial charge on any atom is -0.345 e. The van der Waals surface area contributed by atoms with Crippen LogP contribution < -0.4 is 5.32 Å². The van der Waals surface area contributed by atoms with E-state index in [0.29, 0.717) is 0 Å². The van der Waals surface area contributed by atoms with Crippen LogP contribution in [0.3, 0.4) is 0 Å². The minimum absolute atomic E-state index is 0.118. The van der Waals surface area contributed by atoms with Crippen LogP contribution >= 0.6 is 11.6 Å². The van der Waals surface area contributed by atoms with Gasteiger partial charge in [0, 0.05) is 26.1 Å². The molecule has 1 heterocycles. The highest BCUT2D eigenvalue weighted by Gasteiger charge is 2.55. The Morgan fingerprint density at radius 1 is 1.28 bits per heavy atom. The Kier molecular flexibility index (Phi) is 5.23. The summed E-state index contributed by atoms with van der Waals surface area (Å²) >= 11 is 5.47. The third-order valence-corrected chi connectivity index (χ3v) is 7.13. The topological polar surface area (TPSA) is 68.2 Å². The third-order valence-electron chi connectivity index (χ3n) is 4.76. The number of alkyl halides is 2. The van der Waals surface area contributed by atoms with Crippen LogP contribution in [0.2, 0.25) is 5.02 Å². The van der Waals surface area contributed by atoms with Crippen molar-refractivity contribution in [1.82, 2.24) is 4.57 Å². The normalized spacial score (nSPS) is 17.6. The molecule has 1 N–H and O–H groups in total. The first-order valence-electron chi connectivity index (χ1n) is 8.45. The van der Waals surface area contributed by atoms with Gasteiger partial charge >= 0.3 is 0 Å². The number of carbonyl (C=O) groups is 1. The summed E-state index contributed by atoms with van der Waals surface area (Å²) in [4.78, 5) is 12.2. The van der Waals surface area contributed by atoms with Crippen molar-refractivity contribution >= 4 is 33.0 Å². The number of carbonyl (C=O) groups excluding carboxylic acids is 1. The predicted molar refractivity (Wildman–Crippen MR) is 99.1 cm³/mol. The van der Waals surface area contributed by atoms with Gasteiger partial charge in [-0.2, -0.15) is 0 Å². The number of nitrogens with zero attached hydrogens (tertiary/aromatic N) is 1. The molecule has 1 fully saturated rings. The maximum atomic E-state index is 14.0. The average molecular weight is 453 g/mol. The number of nitrogens with one attached hydrogen (secondary N) is 1. The first-order chi connectivity index (χ1) is 13.2. The van der Waals surface area contributed by atoms with E-state index in [4.69, 9.17) is 11.6 Å². The zero-order chi connectivity index (χ0) is 21.8.